The number of benzene rings is 2. The van der Waals surface area contributed by atoms with E-state index in [1.807, 2.05) is 12.1 Å². The minimum Gasteiger partial charge on any atom is -0.497 e. The Balaban J connectivity index is 1.91. The van der Waals surface area contributed by atoms with Gasteiger partial charge < -0.3 is 4.74 Å². The van der Waals surface area contributed by atoms with Crippen molar-refractivity contribution >= 4 is 42.6 Å². The van der Waals surface area contributed by atoms with Crippen molar-refractivity contribution in [3.8, 4) is 5.75 Å². The summed E-state index contributed by atoms with van der Waals surface area (Å²) in [6.45, 7) is 6.06. The summed E-state index contributed by atoms with van der Waals surface area (Å²) in [5.41, 5.74) is 1.74. The van der Waals surface area contributed by atoms with E-state index < -0.39 is 15.9 Å². The van der Waals surface area contributed by atoms with Gasteiger partial charge in [0.15, 0.2) is 5.13 Å². The maximum absolute atomic E-state index is 12.8. The molecule has 0 saturated heterocycles. The van der Waals surface area contributed by atoms with Crippen LogP contribution < -0.4 is 10.1 Å². The van der Waals surface area contributed by atoms with Gasteiger partial charge in [-0.3, -0.25) is 10.1 Å². The molecule has 3 rings (SSSR count). The molecule has 154 valence electrons. The number of hydrogen-bond acceptors (Lipinski definition) is 6. The SMILES string of the molecule is CCN(CC)S(=O)(=O)c1ccc(C)c(C(=O)Nc2nc3ccc(OC)cc3s2)c1. The van der Waals surface area contributed by atoms with E-state index >= 15 is 0 Å². The van der Waals surface area contributed by atoms with Crippen LogP contribution in [0, 0.1) is 6.92 Å². The first kappa shape index (κ1) is 21.2. The Morgan fingerprint density at radius 3 is 2.55 bits per heavy atom. The smallest absolute Gasteiger partial charge is 0.257 e. The molecule has 3 aromatic rings. The van der Waals surface area contributed by atoms with Gasteiger partial charge in [0.2, 0.25) is 10.0 Å². The molecule has 1 amide bonds. The minimum absolute atomic E-state index is 0.103. The monoisotopic (exact) mass is 433 g/mol. The van der Waals surface area contributed by atoms with Gasteiger partial charge in [-0.05, 0) is 42.8 Å². The molecule has 0 saturated carbocycles. The van der Waals surface area contributed by atoms with Gasteiger partial charge in [-0.25, -0.2) is 13.4 Å². The van der Waals surface area contributed by atoms with Crippen LogP contribution in [0.5, 0.6) is 5.75 Å². The van der Waals surface area contributed by atoms with Crippen molar-refractivity contribution in [2.24, 2.45) is 0 Å². The molecule has 0 fully saturated rings. The van der Waals surface area contributed by atoms with Crippen LogP contribution in [0.2, 0.25) is 0 Å². The van der Waals surface area contributed by atoms with E-state index in [4.69, 9.17) is 4.74 Å². The van der Waals surface area contributed by atoms with Gasteiger partial charge in [-0.1, -0.05) is 31.3 Å². The van der Waals surface area contributed by atoms with Crippen LogP contribution in [-0.4, -0.2) is 43.8 Å². The highest BCUT2D eigenvalue weighted by atomic mass is 32.2. The Labute approximate surface area is 174 Å². The summed E-state index contributed by atoms with van der Waals surface area (Å²) in [7, 11) is -2.06. The summed E-state index contributed by atoms with van der Waals surface area (Å²) in [5.74, 6) is 0.314. The molecular formula is C20H23N3O4S2. The van der Waals surface area contributed by atoms with Crippen molar-refractivity contribution in [3.05, 3.63) is 47.5 Å². The summed E-state index contributed by atoms with van der Waals surface area (Å²) in [6, 6.07) is 10.1. The maximum atomic E-state index is 12.8. The van der Waals surface area contributed by atoms with E-state index in [-0.39, 0.29) is 4.90 Å². The normalized spacial score (nSPS) is 11.8. The number of methoxy groups -OCH3 is 1. The summed E-state index contributed by atoms with van der Waals surface area (Å²) >= 11 is 1.33. The molecule has 1 N–H and O–H groups in total. The fourth-order valence-corrected chi connectivity index (χ4v) is 5.34. The van der Waals surface area contributed by atoms with E-state index in [1.54, 1.807) is 40.0 Å². The Morgan fingerprint density at radius 2 is 1.90 bits per heavy atom. The van der Waals surface area contributed by atoms with Gasteiger partial charge in [0, 0.05) is 18.7 Å². The second-order valence-corrected chi connectivity index (χ2v) is 9.34. The molecule has 0 spiro atoms. The zero-order chi connectivity index (χ0) is 21.2. The first-order valence-corrected chi connectivity index (χ1v) is 11.4. The van der Waals surface area contributed by atoms with Crippen LogP contribution in [0.1, 0.15) is 29.8 Å². The highest BCUT2D eigenvalue weighted by Gasteiger charge is 2.23. The van der Waals surface area contributed by atoms with Gasteiger partial charge in [-0.2, -0.15) is 4.31 Å². The average Bonchev–Trinajstić information content (AvgIpc) is 3.09. The lowest BCUT2D eigenvalue weighted by Crippen LogP contribution is -2.30. The number of sulfonamides is 1. The average molecular weight is 434 g/mol. The Bertz CT molecular complexity index is 1150. The number of aromatic nitrogens is 1. The number of thiazole rings is 1. The fraction of sp³-hybridized carbons (Fsp3) is 0.300. The van der Waals surface area contributed by atoms with Crippen molar-refractivity contribution in [2.45, 2.75) is 25.7 Å². The quantitative estimate of drug-likeness (QED) is 0.611. The Kier molecular flexibility index (Phi) is 6.21. The Hall–Kier alpha value is -2.49. The van der Waals surface area contributed by atoms with Crippen LogP contribution in [0.3, 0.4) is 0 Å². The fourth-order valence-electron chi connectivity index (χ4n) is 2.97. The first-order valence-electron chi connectivity index (χ1n) is 9.16. The molecule has 0 atom stereocenters. The zero-order valence-corrected chi connectivity index (χ0v) is 18.4. The van der Waals surface area contributed by atoms with Crippen LogP contribution in [0.4, 0.5) is 5.13 Å². The number of nitrogens with one attached hydrogen (secondary N) is 1. The summed E-state index contributed by atoms with van der Waals surface area (Å²) in [4.78, 5) is 17.4. The molecule has 7 nitrogen and oxygen atoms in total. The number of rotatable bonds is 7. The summed E-state index contributed by atoms with van der Waals surface area (Å²) in [5, 5.41) is 3.22. The zero-order valence-electron chi connectivity index (χ0n) is 16.7. The number of aryl methyl sites for hydroxylation is 1. The predicted octanol–water partition coefficient (Wildman–Crippen LogP) is 3.90. The van der Waals surface area contributed by atoms with Gasteiger partial charge >= 0.3 is 0 Å². The number of fused-ring (bicyclic) bond motifs is 1. The number of ether oxygens (including phenoxy) is 1. The lowest BCUT2D eigenvalue weighted by atomic mass is 10.1. The molecule has 1 aromatic heterocycles. The predicted molar refractivity (Wildman–Crippen MR) is 115 cm³/mol. The van der Waals surface area contributed by atoms with Crippen molar-refractivity contribution in [1.29, 1.82) is 0 Å². The number of carbonyl (C=O) groups excluding carboxylic acids is 1. The molecule has 29 heavy (non-hydrogen) atoms. The van der Waals surface area contributed by atoms with Gasteiger partial charge in [0.05, 0.1) is 22.2 Å². The first-order chi connectivity index (χ1) is 13.8. The van der Waals surface area contributed by atoms with Crippen LogP contribution in [0.25, 0.3) is 10.2 Å². The molecular weight excluding hydrogens is 410 g/mol. The van der Waals surface area contributed by atoms with Gasteiger partial charge in [0.1, 0.15) is 5.75 Å². The van der Waals surface area contributed by atoms with Crippen LogP contribution in [-0.2, 0) is 10.0 Å². The second kappa shape index (κ2) is 8.48. The third kappa shape index (κ3) is 4.26. The van der Waals surface area contributed by atoms with Crippen molar-refractivity contribution in [1.82, 2.24) is 9.29 Å². The lowest BCUT2D eigenvalue weighted by Gasteiger charge is -2.19. The van der Waals surface area contributed by atoms with E-state index in [9.17, 15) is 13.2 Å². The van der Waals surface area contributed by atoms with Crippen LogP contribution >= 0.6 is 11.3 Å². The number of anilines is 1. The number of hydrogen-bond donors (Lipinski definition) is 1. The molecule has 0 aliphatic rings. The summed E-state index contributed by atoms with van der Waals surface area (Å²) < 4.78 is 33.0. The number of carbonyl (C=O) groups is 1. The largest absolute Gasteiger partial charge is 0.497 e. The van der Waals surface area contributed by atoms with Crippen molar-refractivity contribution < 1.29 is 17.9 Å². The highest BCUT2D eigenvalue weighted by Crippen LogP contribution is 2.30. The molecule has 0 radical (unpaired) electrons. The van der Waals surface area contributed by atoms with E-state index in [0.717, 1.165) is 10.2 Å². The van der Waals surface area contributed by atoms with E-state index in [1.165, 1.54) is 27.8 Å². The third-order valence-electron chi connectivity index (χ3n) is 4.61. The third-order valence-corrected chi connectivity index (χ3v) is 7.59. The molecule has 2 aromatic carbocycles. The lowest BCUT2D eigenvalue weighted by molar-refractivity contribution is 0.102. The minimum atomic E-state index is -3.65. The molecule has 0 bridgehead atoms. The number of amides is 1. The highest BCUT2D eigenvalue weighted by molar-refractivity contribution is 7.89. The second-order valence-electron chi connectivity index (χ2n) is 6.37. The molecule has 0 unspecified atom stereocenters. The van der Waals surface area contributed by atoms with Crippen LogP contribution in [0.15, 0.2) is 41.3 Å². The molecule has 1 heterocycles. The number of nitrogens with zero attached hydrogens (tertiary/aromatic N) is 2. The Morgan fingerprint density at radius 1 is 1.17 bits per heavy atom. The molecule has 0 aliphatic carbocycles. The van der Waals surface area contributed by atoms with Gasteiger partial charge in [-0.15, -0.1) is 0 Å². The van der Waals surface area contributed by atoms with E-state index in [2.05, 4.69) is 10.3 Å². The molecule has 9 heteroatoms. The van der Waals surface area contributed by atoms with Crippen molar-refractivity contribution in [2.75, 3.05) is 25.5 Å². The van der Waals surface area contributed by atoms with Gasteiger partial charge in [0.25, 0.3) is 5.91 Å². The van der Waals surface area contributed by atoms with E-state index in [0.29, 0.717) is 35.1 Å². The maximum Gasteiger partial charge on any atom is 0.257 e. The van der Waals surface area contributed by atoms with Crippen molar-refractivity contribution in [3.63, 3.8) is 0 Å². The molecule has 0 aliphatic heterocycles. The summed E-state index contributed by atoms with van der Waals surface area (Å²) in [6.07, 6.45) is 0. The topological polar surface area (TPSA) is 88.6 Å². The standard InChI is InChI=1S/C20H23N3O4S2/c1-5-23(6-2)29(25,26)15-9-7-13(3)16(12-15)19(24)22-20-21-17-10-8-14(27-4)11-18(17)28-20/h7-12H,5-6H2,1-4H3,(H,21,22,24).